The minimum atomic E-state index is -0.296. The topological polar surface area (TPSA) is 20.2 Å². The largest absolute Gasteiger partial charge is 0.392 e. The summed E-state index contributed by atoms with van der Waals surface area (Å²) in [5.74, 6) is -0.296. The number of aliphatic hydroxyl groups excluding tert-OH is 1. The van der Waals surface area contributed by atoms with Crippen LogP contribution in [0.15, 0.2) is 17.5 Å². The zero-order valence-electron chi connectivity index (χ0n) is 7.26. The Kier molecular flexibility index (Phi) is 2.85. The third kappa shape index (κ3) is 1.47. The van der Waals surface area contributed by atoms with Crippen molar-refractivity contribution in [3.63, 3.8) is 0 Å². The number of rotatable bonds is 2. The first-order valence-electron chi connectivity index (χ1n) is 4.12. The summed E-state index contributed by atoms with van der Waals surface area (Å²) in [4.78, 5) is 0. The van der Waals surface area contributed by atoms with E-state index in [1.54, 1.807) is 11.3 Å². The summed E-state index contributed by atoms with van der Waals surface area (Å²) in [6, 6.07) is 3.66. The fraction of sp³-hybridized carbons (Fsp3) is 0.200. The Hall–Kier alpha value is -0.450. The van der Waals surface area contributed by atoms with E-state index in [-0.39, 0.29) is 12.4 Å². The minimum Gasteiger partial charge on any atom is -0.392 e. The van der Waals surface area contributed by atoms with Gasteiger partial charge in [0.25, 0.3) is 0 Å². The van der Waals surface area contributed by atoms with Gasteiger partial charge in [0, 0.05) is 26.5 Å². The zero-order chi connectivity index (χ0) is 10.1. The molecule has 0 aliphatic carbocycles. The van der Waals surface area contributed by atoms with Crippen LogP contribution in [0, 0.1) is 5.82 Å². The third-order valence-electron chi connectivity index (χ3n) is 2.17. The molecule has 1 aromatic carbocycles. The first kappa shape index (κ1) is 10.1. The van der Waals surface area contributed by atoms with E-state index in [1.165, 1.54) is 0 Å². The van der Waals surface area contributed by atoms with Crippen molar-refractivity contribution in [2.24, 2.45) is 0 Å². The maximum Gasteiger partial charge on any atom is 0.133 e. The molecule has 74 valence electrons. The fourth-order valence-electron chi connectivity index (χ4n) is 1.47. The van der Waals surface area contributed by atoms with E-state index in [9.17, 15) is 4.39 Å². The van der Waals surface area contributed by atoms with Gasteiger partial charge in [-0.1, -0.05) is 15.9 Å². The van der Waals surface area contributed by atoms with Crippen molar-refractivity contribution in [1.29, 1.82) is 0 Å². The second-order valence-corrected chi connectivity index (χ2v) is 4.46. The molecule has 0 radical (unpaired) electrons. The molecule has 0 unspecified atom stereocenters. The summed E-state index contributed by atoms with van der Waals surface area (Å²) in [7, 11) is 0. The first-order valence-corrected chi connectivity index (χ1v) is 6.12. The van der Waals surface area contributed by atoms with Crippen LogP contribution in [0.25, 0.3) is 10.1 Å². The summed E-state index contributed by atoms with van der Waals surface area (Å²) in [6.45, 7) is -0.250. The van der Waals surface area contributed by atoms with Crippen LogP contribution in [0.4, 0.5) is 4.39 Å². The molecule has 14 heavy (non-hydrogen) atoms. The average molecular weight is 275 g/mol. The van der Waals surface area contributed by atoms with Crippen molar-refractivity contribution in [2.75, 3.05) is 0 Å². The lowest BCUT2D eigenvalue weighted by Gasteiger charge is -2.05. The predicted octanol–water partition coefficient (Wildman–Crippen LogP) is 3.43. The van der Waals surface area contributed by atoms with E-state index in [0.29, 0.717) is 16.5 Å². The molecule has 0 aliphatic rings. The Balaban J connectivity index is 2.80. The van der Waals surface area contributed by atoms with Crippen molar-refractivity contribution in [3.05, 3.63) is 34.5 Å². The summed E-state index contributed by atoms with van der Waals surface area (Å²) >= 11 is 4.79. The monoisotopic (exact) mass is 274 g/mol. The molecule has 0 spiro atoms. The normalized spacial score (nSPS) is 11.1. The lowest BCUT2D eigenvalue weighted by Crippen LogP contribution is -1.95. The number of thiophene rings is 1. The second kappa shape index (κ2) is 3.96. The summed E-state index contributed by atoms with van der Waals surface area (Å²) in [6.07, 6.45) is 0. The maximum absolute atomic E-state index is 13.7. The third-order valence-corrected chi connectivity index (χ3v) is 3.64. The number of halogens is 2. The standard InChI is InChI=1S/C10H8BrFOS/c11-4-6-3-9-7(1-2-14-9)8(5-13)10(6)12/h1-3,13H,4-5H2. The van der Waals surface area contributed by atoms with Gasteiger partial charge in [0.2, 0.25) is 0 Å². The van der Waals surface area contributed by atoms with E-state index in [4.69, 9.17) is 5.11 Å². The van der Waals surface area contributed by atoms with Crippen LogP contribution in [0.2, 0.25) is 0 Å². The fourth-order valence-corrected chi connectivity index (χ4v) is 2.75. The van der Waals surface area contributed by atoms with Gasteiger partial charge in [-0.05, 0) is 17.5 Å². The summed E-state index contributed by atoms with van der Waals surface area (Å²) in [5, 5.41) is 12.3. The van der Waals surface area contributed by atoms with Gasteiger partial charge in [-0.15, -0.1) is 11.3 Å². The van der Waals surface area contributed by atoms with Crippen molar-refractivity contribution < 1.29 is 9.50 Å². The average Bonchev–Trinajstić information content (AvgIpc) is 2.64. The Morgan fingerprint density at radius 2 is 2.29 bits per heavy atom. The van der Waals surface area contributed by atoms with Crippen molar-refractivity contribution in [2.45, 2.75) is 11.9 Å². The van der Waals surface area contributed by atoms with E-state index in [1.807, 2.05) is 17.5 Å². The lowest BCUT2D eigenvalue weighted by molar-refractivity contribution is 0.277. The van der Waals surface area contributed by atoms with Gasteiger partial charge in [-0.2, -0.15) is 0 Å². The lowest BCUT2D eigenvalue weighted by atomic mass is 10.1. The number of hydrogen-bond acceptors (Lipinski definition) is 2. The molecule has 4 heteroatoms. The number of hydrogen-bond donors (Lipinski definition) is 1. The zero-order valence-corrected chi connectivity index (χ0v) is 9.66. The molecular formula is C10H8BrFOS. The summed E-state index contributed by atoms with van der Waals surface area (Å²) in [5.41, 5.74) is 1.00. The number of fused-ring (bicyclic) bond motifs is 1. The molecule has 2 rings (SSSR count). The van der Waals surface area contributed by atoms with Crippen molar-refractivity contribution in [3.8, 4) is 0 Å². The summed E-state index contributed by atoms with van der Waals surface area (Å²) < 4.78 is 14.7. The second-order valence-electron chi connectivity index (χ2n) is 2.95. The highest BCUT2D eigenvalue weighted by atomic mass is 79.9. The highest BCUT2D eigenvalue weighted by Crippen LogP contribution is 2.30. The number of alkyl halides is 1. The highest BCUT2D eigenvalue weighted by molar-refractivity contribution is 9.08. The van der Waals surface area contributed by atoms with Gasteiger partial charge >= 0.3 is 0 Å². The number of aliphatic hydroxyl groups is 1. The molecule has 0 atom stereocenters. The molecule has 1 N–H and O–H groups in total. The van der Waals surface area contributed by atoms with Crippen LogP contribution >= 0.6 is 27.3 Å². The maximum atomic E-state index is 13.7. The molecule has 0 saturated carbocycles. The molecule has 0 amide bonds. The Labute approximate surface area is 93.3 Å². The van der Waals surface area contributed by atoms with Crippen LogP contribution in [0.3, 0.4) is 0 Å². The van der Waals surface area contributed by atoms with Gasteiger partial charge in [-0.25, -0.2) is 4.39 Å². The molecule has 1 aromatic heterocycles. The van der Waals surface area contributed by atoms with Crippen LogP contribution in [-0.4, -0.2) is 5.11 Å². The van der Waals surface area contributed by atoms with Crippen LogP contribution in [0.5, 0.6) is 0 Å². The van der Waals surface area contributed by atoms with Crippen LogP contribution in [-0.2, 0) is 11.9 Å². The molecule has 0 aliphatic heterocycles. The molecule has 1 nitrogen and oxygen atoms in total. The Morgan fingerprint density at radius 1 is 1.50 bits per heavy atom. The highest BCUT2D eigenvalue weighted by Gasteiger charge is 2.12. The SMILES string of the molecule is OCc1c(F)c(CBr)cc2sccc12. The van der Waals surface area contributed by atoms with Crippen LogP contribution < -0.4 is 0 Å². The van der Waals surface area contributed by atoms with E-state index < -0.39 is 0 Å². The minimum absolute atomic E-state index is 0.250. The van der Waals surface area contributed by atoms with Crippen LogP contribution in [0.1, 0.15) is 11.1 Å². The molecular weight excluding hydrogens is 267 g/mol. The molecule has 0 saturated heterocycles. The first-order chi connectivity index (χ1) is 6.77. The molecule has 1 heterocycles. The van der Waals surface area contributed by atoms with Gasteiger partial charge in [0.1, 0.15) is 5.82 Å². The number of benzene rings is 1. The van der Waals surface area contributed by atoms with Gasteiger partial charge in [0.05, 0.1) is 6.61 Å². The van der Waals surface area contributed by atoms with E-state index in [0.717, 1.165) is 10.1 Å². The van der Waals surface area contributed by atoms with Gasteiger partial charge < -0.3 is 5.11 Å². The van der Waals surface area contributed by atoms with Crippen molar-refractivity contribution in [1.82, 2.24) is 0 Å². The molecule has 0 bridgehead atoms. The van der Waals surface area contributed by atoms with E-state index >= 15 is 0 Å². The Bertz CT molecular complexity index is 466. The van der Waals surface area contributed by atoms with Crippen molar-refractivity contribution >= 4 is 37.4 Å². The van der Waals surface area contributed by atoms with Gasteiger partial charge in [0.15, 0.2) is 0 Å². The molecule has 2 aromatic rings. The quantitative estimate of drug-likeness (QED) is 0.832. The Morgan fingerprint density at radius 3 is 2.93 bits per heavy atom. The predicted molar refractivity (Wildman–Crippen MR) is 60.3 cm³/mol. The molecule has 0 fully saturated rings. The van der Waals surface area contributed by atoms with E-state index in [2.05, 4.69) is 15.9 Å². The van der Waals surface area contributed by atoms with Gasteiger partial charge in [-0.3, -0.25) is 0 Å². The smallest absolute Gasteiger partial charge is 0.133 e.